The average Bonchev–Trinajstić information content (AvgIpc) is 4.08. The molecule has 4 aromatic rings. The molecule has 1 aromatic carbocycles. The third kappa shape index (κ3) is 8.80. The van der Waals surface area contributed by atoms with Gasteiger partial charge in [-0.05, 0) is 69.6 Å². The third-order valence-electron chi connectivity index (χ3n) is 11.7. The van der Waals surface area contributed by atoms with Crippen molar-refractivity contribution in [1.29, 1.82) is 0 Å². The maximum Gasteiger partial charge on any atom is 0.410 e. The first-order valence-electron chi connectivity index (χ1n) is 19.8. The van der Waals surface area contributed by atoms with Crippen LogP contribution in [0.25, 0.3) is 22.2 Å². The van der Waals surface area contributed by atoms with Crippen LogP contribution in [0.4, 0.5) is 9.59 Å². The van der Waals surface area contributed by atoms with Crippen molar-refractivity contribution in [3.63, 3.8) is 0 Å². The number of aromatic nitrogens is 5. The molecule has 58 heavy (non-hydrogen) atoms. The Labute approximate surface area is 340 Å². The molecule has 4 N–H and O–H groups in total. The number of nitrogens with one attached hydrogen (secondary N) is 4. The number of carbonyl (C=O) groups excluding carboxylic acids is 4. The SMILES string of the molecule is C=PCC(NC(=O)OC)C(=O)N1CCCC1c1ncc(C2CCC(c3ccc4cc(-c5cnc(C6CCCN6C(=O)C(NC(=O)OC)[P+](=C)C)[nH]5)ccc4n3)CC2)[nH]1. The van der Waals surface area contributed by atoms with Crippen LogP contribution in [0.3, 0.4) is 0 Å². The number of amides is 4. The average molecular weight is 829 g/mol. The van der Waals surface area contributed by atoms with E-state index in [4.69, 9.17) is 24.4 Å². The molecule has 0 radical (unpaired) electrons. The highest BCUT2D eigenvalue weighted by Crippen LogP contribution is 2.41. The predicted molar refractivity (Wildman–Crippen MR) is 227 cm³/mol. The number of fused-ring (bicyclic) bond motifs is 1. The van der Waals surface area contributed by atoms with Crippen LogP contribution in [-0.4, -0.2) is 123 Å². The number of methoxy groups -OCH3 is 2. The van der Waals surface area contributed by atoms with Gasteiger partial charge in [-0.1, -0.05) is 18.4 Å². The van der Waals surface area contributed by atoms with Crippen molar-refractivity contribution in [2.45, 2.75) is 87.1 Å². The molecule has 17 heteroatoms. The summed E-state index contributed by atoms with van der Waals surface area (Å²) in [6.07, 6.45) is 18.1. The summed E-state index contributed by atoms with van der Waals surface area (Å²) in [5.74, 6) is 1.20. The number of pyridine rings is 1. The first kappa shape index (κ1) is 41.0. The standard InChI is InChI=1S/C41H51N9O6P2/c1-55-40(53)47-32(23-57-3)38(51)49-18-6-8-33(49)35-42-21-30(45-35)25-12-10-24(11-13-25)28-16-14-26-20-27(15-17-29(26)44-28)31-22-43-36(46-31)34-9-7-19-50(34)39(52)37(58(4)5)48-41(54)56-2/h14-17,20-22,24-25,32-34,37H,3-4,6-13,18-19,23H2,1-2,5H3,(H3-,42,43,45,46,47,48,53,54)/p+1. The molecule has 306 valence electrons. The molecule has 2 aliphatic heterocycles. The number of H-pyrrole nitrogens is 2. The normalized spacial score (nSPS) is 22.1. The number of nitrogens with zero attached hydrogens (tertiary/aromatic N) is 5. The number of alkyl carbamates (subject to hydrolysis) is 2. The van der Waals surface area contributed by atoms with Crippen LogP contribution in [0.1, 0.15) is 98.3 Å². The van der Waals surface area contributed by atoms with Gasteiger partial charge in [-0.25, -0.2) is 19.6 Å². The van der Waals surface area contributed by atoms with E-state index in [1.807, 2.05) is 24.0 Å². The summed E-state index contributed by atoms with van der Waals surface area (Å²) in [5, 5.41) is 6.38. The third-order valence-corrected chi connectivity index (χ3v) is 13.6. The zero-order valence-corrected chi connectivity index (χ0v) is 35.1. The molecule has 3 aromatic heterocycles. The molecule has 0 bridgehead atoms. The number of imidazole rings is 2. The van der Waals surface area contributed by atoms with Crippen LogP contribution in [-0.2, 0) is 19.1 Å². The van der Waals surface area contributed by atoms with Crippen LogP contribution >= 0.6 is 15.7 Å². The molecule has 5 atom stereocenters. The molecule has 1 aliphatic carbocycles. The van der Waals surface area contributed by atoms with E-state index in [0.29, 0.717) is 31.1 Å². The van der Waals surface area contributed by atoms with Crippen molar-refractivity contribution in [1.82, 2.24) is 45.4 Å². The topological polar surface area (TPSA) is 188 Å². The van der Waals surface area contributed by atoms with E-state index in [2.05, 4.69) is 63.5 Å². The Bertz CT molecular complexity index is 2180. The quantitative estimate of drug-likeness (QED) is 0.117. The number of hydrogen-bond donors (Lipinski definition) is 4. The van der Waals surface area contributed by atoms with Gasteiger partial charge in [-0.2, -0.15) is 0 Å². The number of aromatic amines is 2. The summed E-state index contributed by atoms with van der Waals surface area (Å²) in [5.41, 5.74) is 5.00. The molecule has 3 fully saturated rings. The van der Waals surface area contributed by atoms with Gasteiger partial charge < -0.3 is 34.6 Å². The van der Waals surface area contributed by atoms with Crippen LogP contribution in [0.5, 0.6) is 0 Å². The fraction of sp³-hybridized carbons (Fsp3) is 0.488. The van der Waals surface area contributed by atoms with E-state index in [-0.39, 0.29) is 23.9 Å². The maximum absolute atomic E-state index is 13.6. The Morgan fingerprint density at radius 1 is 0.862 bits per heavy atom. The van der Waals surface area contributed by atoms with Gasteiger partial charge in [-0.15, -0.1) is 8.20 Å². The van der Waals surface area contributed by atoms with Crippen LogP contribution < -0.4 is 10.6 Å². The Kier molecular flexibility index (Phi) is 12.9. The van der Waals surface area contributed by atoms with Crippen molar-refractivity contribution in [3.8, 4) is 11.3 Å². The summed E-state index contributed by atoms with van der Waals surface area (Å²) in [6, 6.07) is 9.46. The number of carbonyl (C=O) groups is 4. The fourth-order valence-corrected chi connectivity index (χ4v) is 10.0. The molecule has 7 rings (SSSR count). The van der Waals surface area contributed by atoms with Crippen molar-refractivity contribution in [3.05, 3.63) is 65.8 Å². The number of benzene rings is 1. The molecule has 2 saturated heterocycles. The second-order valence-corrected chi connectivity index (χ2v) is 18.2. The van der Waals surface area contributed by atoms with Gasteiger partial charge >= 0.3 is 12.2 Å². The minimum atomic E-state index is -1.04. The summed E-state index contributed by atoms with van der Waals surface area (Å²) < 4.78 is 9.50. The first-order valence-corrected chi connectivity index (χ1v) is 23.2. The second kappa shape index (κ2) is 18.2. The van der Waals surface area contributed by atoms with Crippen molar-refractivity contribution in [2.24, 2.45) is 0 Å². The largest absolute Gasteiger partial charge is 0.453 e. The second-order valence-electron chi connectivity index (χ2n) is 15.4. The Morgan fingerprint density at radius 3 is 2.17 bits per heavy atom. The predicted octanol–water partition coefficient (Wildman–Crippen LogP) is 6.45. The Morgan fingerprint density at radius 2 is 1.50 bits per heavy atom. The minimum Gasteiger partial charge on any atom is -0.453 e. The maximum atomic E-state index is 13.6. The summed E-state index contributed by atoms with van der Waals surface area (Å²) >= 11 is 0. The van der Waals surface area contributed by atoms with Crippen LogP contribution in [0.2, 0.25) is 0 Å². The van der Waals surface area contributed by atoms with Gasteiger partial charge in [0.05, 0.1) is 56.7 Å². The summed E-state index contributed by atoms with van der Waals surface area (Å²) in [6.45, 7) is 3.06. The van der Waals surface area contributed by atoms with E-state index in [9.17, 15) is 19.2 Å². The van der Waals surface area contributed by atoms with E-state index < -0.39 is 31.6 Å². The molecule has 3 aliphatic rings. The zero-order chi connectivity index (χ0) is 40.9. The molecule has 15 nitrogen and oxygen atoms in total. The van der Waals surface area contributed by atoms with E-state index in [1.54, 1.807) is 4.90 Å². The van der Waals surface area contributed by atoms with E-state index >= 15 is 0 Å². The molecule has 4 amide bonds. The molecule has 5 unspecified atom stereocenters. The lowest BCUT2D eigenvalue weighted by molar-refractivity contribution is -0.134. The molecule has 5 heterocycles. The van der Waals surface area contributed by atoms with Gasteiger partial charge in [0.25, 0.3) is 11.7 Å². The molecular formula is C41H52N9O6P2+. The molecule has 0 spiro atoms. The van der Waals surface area contributed by atoms with Gasteiger partial charge in [0.1, 0.15) is 25.2 Å². The van der Waals surface area contributed by atoms with E-state index in [1.165, 1.54) is 14.2 Å². The minimum absolute atomic E-state index is 0.135. The molecular weight excluding hydrogens is 776 g/mol. The lowest BCUT2D eigenvalue weighted by atomic mass is 9.79. The summed E-state index contributed by atoms with van der Waals surface area (Å²) in [4.78, 5) is 76.2. The van der Waals surface area contributed by atoms with Gasteiger partial charge in [0.2, 0.25) is 5.91 Å². The monoisotopic (exact) mass is 828 g/mol. The lowest BCUT2D eigenvalue weighted by Gasteiger charge is -2.28. The number of likely N-dealkylation sites (tertiary alicyclic amines) is 2. The first-order chi connectivity index (χ1) is 28.1. The highest BCUT2D eigenvalue weighted by atomic mass is 31.1. The fourth-order valence-electron chi connectivity index (χ4n) is 8.65. The van der Waals surface area contributed by atoms with Crippen molar-refractivity contribution in [2.75, 3.05) is 40.1 Å². The Balaban J connectivity index is 0.969. The van der Waals surface area contributed by atoms with Gasteiger partial charge in [-0.3, -0.25) is 19.9 Å². The van der Waals surface area contributed by atoms with Crippen LogP contribution in [0, 0.1) is 0 Å². The smallest absolute Gasteiger partial charge is 0.410 e. The van der Waals surface area contributed by atoms with E-state index in [0.717, 1.165) is 105 Å². The van der Waals surface area contributed by atoms with Crippen LogP contribution in [0.15, 0.2) is 42.7 Å². The highest BCUT2D eigenvalue weighted by molar-refractivity contribution is 7.56. The number of hydrogen-bond acceptors (Lipinski definition) is 9. The zero-order valence-electron chi connectivity index (χ0n) is 33.3. The van der Waals surface area contributed by atoms with Gasteiger partial charge in [0.15, 0.2) is 0 Å². The molecule has 1 saturated carbocycles. The van der Waals surface area contributed by atoms with Crippen molar-refractivity contribution >= 4 is 63.3 Å². The number of rotatable bonds is 12. The van der Waals surface area contributed by atoms with Gasteiger partial charge in [0, 0.05) is 59.6 Å². The summed E-state index contributed by atoms with van der Waals surface area (Å²) in [7, 11) is 2.30. The Hall–Kier alpha value is -5.13. The highest BCUT2D eigenvalue weighted by Gasteiger charge is 2.41. The van der Waals surface area contributed by atoms with Crippen molar-refractivity contribution < 1.29 is 28.7 Å². The lowest BCUT2D eigenvalue weighted by Crippen LogP contribution is -2.49. The number of ether oxygens (including phenoxy) is 2.